The minimum absolute atomic E-state index is 0.0196. The van der Waals surface area contributed by atoms with E-state index in [0.717, 1.165) is 12.8 Å². The number of benzene rings is 1. The lowest BCUT2D eigenvalue weighted by Gasteiger charge is -2.20. The highest BCUT2D eigenvalue weighted by molar-refractivity contribution is 5.97. The van der Waals surface area contributed by atoms with Gasteiger partial charge in [0, 0.05) is 19.0 Å². The SMILES string of the molecule is C=C/C=C(OC)\C(=C/CC1CC(=O)N(c2cccc([N+](=O)[O-])c2C)C1)OC1CCCC1. The first-order valence-electron chi connectivity index (χ1n) is 10.7. The number of ether oxygens (including phenoxy) is 2. The molecule has 1 aromatic rings. The first kappa shape index (κ1) is 22.6. The van der Waals surface area contributed by atoms with E-state index in [0.29, 0.717) is 42.2 Å². The fourth-order valence-corrected chi connectivity index (χ4v) is 4.30. The second kappa shape index (κ2) is 10.3. The van der Waals surface area contributed by atoms with E-state index in [-0.39, 0.29) is 23.6 Å². The normalized spacial score (nSPS) is 20.3. The summed E-state index contributed by atoms with van der Waals surface area (Å²) in [6, 6.07) is 4.85. The lowest BCUT2D eigenvalue weighted by atomic mass is 10.0. The van der Waals surface area contributed by atoms with Crippen molar-refractivity contribution < 1.29 is 19.2 Å². The number of rotatable bonds is 9. The van der Waals surface area contributed by atoms with Crippen LogP contribution in [0.2, 0.25) is 0 Å². The van der Waals surface area contributed by atoms with E-state index in [1.807, 2.05) is 6.08 Å². The van der Waals surface area contributed by atoms with Gasteiger partial charge in [-0.3, -0.25) is 14.9 Å². The molecular formula is C24H30N2O5. The number of amides is 1. The first-order valence-corrected chi connectivity index (χ1v) is 10.7. The van der Waals surface area contributed by atoms with E-state index in [1.54, 1.807) is 43.2 Å². The monoisotopic (exact) mass is 426 g/mol. The number of nitro benzene ring substituents is 1. The zero-order chi connectivity index (χ0) is 22.4. The van der Waals surface area contributed by atoms with Gasteiger partial charge < -0.3 is 14.4 Å². The molecule has 1 saturated carbocycles. The summed E-state index contributed by atoms with van der Waals surface area (Å²) in [4.78, 5) is 25.2. The summed E-state index contributed by atoms with van der Waals surface area (Å²) >= 11 is 0. The Labute approximate surface area is 183 Å². The molecule has 0 aromatic heterocycles. The van der Waals surface area contributed by atoms with Gasteiger partial charge in [-0.05, 0) is 63.2 Å². The number of carbonyl (C=O) groups is 1. The Bertz CT molecular complexity index is 899. The van der Waals surface area contributed by atoms with Crippen LogP contribution in [0.15, 0.2) is 54.5 Å². The van der Waals surface area contributed by atoms with Crippen molar-refractivity contribution in [1.82, 2.24) is 0 Å². The van der Waals surface area contributed by atoms with Crippen molar-refractivity contribution in [3.63, 3.8) is 0 Å². The Balaban J connectivity index is 1.75. The number of hydrogen-bond acceptors (Lipinski definition) is 5. The lowest BCUT2D eigenvalue weighted by Crippen LogP contribution is -2.25. The molecule has 1 atom stereocenters. The topological polar surface area (TPSA) is 81.9 Å². The summed E-state index contributed by atoms with van der Waals surface area (Å²) in [5, 5.41) is 11.3. The molecule has 0 radical (unpaired) electrons. The minimum Gasteiger partial charge on any atom is -0.493 e. The summed E-state index contributed by atoms with van der Waals surface area (Å²) in [5.74, 6) is 1.38. The molecule has 2 aliphatic rings. The third kappa shape index (κ3) is 5.34. The Kier molecular flexibility index (Phi) is 7.50. The standard InChI is InChI=1S/C24H30N2O5/c1-4-8-22(30-3)23(31-19-9-5-6-10-19)14-13-18-15-24(27)25(16-18)20-11-7-12-21(17(20)2)26(28)29/h4,7-8,11-12,14,18-19H,1,5-6,9-10,13,15-16H2,2-3H3/b22-8+,23-14+. The maximum Gasteiger partial charge on any atom is 0.274 e. The molecule has 3 rings (SSSR count). The summed E-state index contributed by atoms with van der Waals surface area (Å²) in [7, 11) is 1.60. The molecule has 0 N–H and O–H groups in total. The second-order valence-electron chi connectivity index (χ2n) is 8.05. The smallest absolute Gasteiger partial charge is 0.274 e. The third-order valence-electron chi connectivity index (χ3n) is 5.93. The van der Waals surface area contributed by atoms with Crippen LogP contribution < -0.4 is 4.90 Å². The molecule has 166 valence electrons. The van der Waals surface area contributed by atoms with Crippen LogP contribution in [0.3, 0.4) is 0 Å². The predicted molar refractivity (Wildman–Crippen MR) is 120 cm³/mol. The molecule has 7 nitrogen and oxygen atoms in total. The number of methoxy groups -OCH3 is 1. The summed E-state index contributed by atoms with van der Waals surface area (Å²) in [6.07, 6.45) is 11.1. The molecule has 1 aliphatic carbocycles. The van der Waals surface area contributed by atoms with Crippen molar-refractivity contribution in [3.8, 4) is 0 Å². The van der Waals surface area contributed by atoms with Gasteiger partial charge >= 0.3 is 0 Å². The van der Waals surface area contributed by atoms with Gasteiger partial charge in [-0.25, -0.2) is 0 Å². The molecule has 1 heterocycles. The van der Waals surface area contributed by atoms with Gasteiger partial charge in [0.15, 0.2) is 11.5 Å². The molecule has 2 fully saturated rings. The molecule has 0 spiro atoms. The average molecular weight is 427 g/mol. The molecule has 1 saturated heterocycles. The van der Waals surface area contributed by atoms with E-state index in [4.69, 9.17) is 9.47 Å². The highest BCUT2D eigenvalue weighted by Crippen LogP contribution is 2.34. The van der Waals surface area contributed by atoms with Crippen molar-refractivity contribution in [1.29, 1.82) is 0 Å². The minimum atomic E-state index is -0.412. The van der Waals surface area contributed by atoms with Gasteiger partial charge in [-0.1, -0.05) is 18.7 Å². The Morgan fingerprint density at radius 2 is 2.06 bits per heavy atom. The zero-order valence-electron chi connectivity index (χ0n) is 18.2. The summed E-state index contributed by atoms with van der Waals surface area (Å²) in [5.41, 5.74) is 1.15. The molecule has 1 amide bonds. The fraction of sp³-hybridized carbons (Fsp3) is 0.458. The Hall–Kier alpha value is -3.09. The molecule has 31 heavy (non-hydrogen) atoms. The molecule has 1 aromatic carbocycles. The number of nitrogens with zero attached hydrogens (tertiary/aromatic N) is 2. The van der Waals surface area contributed by atoms with E-state index >= 15 is 0 Å². The van der Waals surface area contributed by atoms with E-state index in [9.17, 15) is 14.9 Å². The third-order valence-corrected chi connectivity index (χ3v) is 5.93. The molecule has 0 bridgehead atoms. The van der Waals surface area contributed by atoms with Crippen LogP contribution in [0.25, 0.3) is 0 Å². The molecule has 7 heteroatoms. The summed E-state index contributed by atoms with van der Waals surface area (Å²) < 4.78 is 11.7. The maximum absolute atomic E-state index is 12.7. The maximum atomic E-state index is 12.7. The van der Waals surface area contributed by atoms with Crippen LogP contribution in [-0.4, -0.2) is 30.6 Å². The number of nitro groups is 1. The van der Waals surface area contributed by atoms with Gasteiger partial charge in [0.2, 0.25) is 5.91 Å². The van der Waals surface area contributed by atoms with E-state index < -0.39 is 4.92 Å². The Morgan fingerprint density at radius 3 is 2.71 bits per heavy atom. The molecular weight excluding hydrogens is 396 g/mol. The van der Waals surface area contributed by atoms with Crippen molar-refractivity contribution >= 4 is 17.3 Å². The largest absolute Gasteiger partial charge is 0.493 e. The zero-order valence-corrected chi connectivity index (χ0v) is 18.2. The van der Waals surface area contributed by atoms with Crippen LogP contribution in [0.5, 0.6) is 0 Å². The van der Waals surface area contributed by atoms with E-state index in [1.165, 1.54) is 18.9 Å². The van der Waals surface area contributed by atoms with Crippen molar-refractivity contribution in [2.24, 2.45) is 5.92 Å². The Morgan fingerprint density at radius 1 is 1.32 bits per heavy atom. The van der Waals surface area contributed by atoms with Crippen LogP contribution in [0.1, 0.15) is 44.1 Å². The fourth-order valence-electron chi connectivity index (χ4n) is 4.30. The average Bonchev–Trinajstić information content (AvgIpc) is 3.39. The van der Waals surface area contributed by atoms with Crippen LogP contribution >= 0.6 is 0 Å². The molecule has 1 aliphatic heterocycles. The second-order valence-corrected chi connectivity index (χ2v) is 8.05. The van der Waals surface area contributed by atoms with Crippen LogP contribution in [0, 0.1) is 23.0 Å². The van der Waals surface area contributed by atoms with Gasteiger partial charge in [0.25, 0.3) is 5.69 Å². The quantitative estimate of drug-likeness (QED) is 0.234. The summed E-state index contributed by atoms with van der Waals surface area (Å²) in [6.45, 7) is 5.95. The van der Waals surface area contributed by atoms with Gasteiger partial charge in [-0.15, -0.1) is 0 Å². The van der Waals surface area contributed by atoms with Gasteiger partial charge in [0.1, 0.15) is 0 Å². The first-order chi connectivity index (χ1) is 14.9. The van der Waals surface area contributed by atoms with Gasteiger partial charge in [0.05, 0.1) is 29.4 Å². The number of hydrogen-bond donors (Lipinski definition) is 0. The van der Waals surface area contributed by atoms with Crippen molar-refractivity contribution in [2.45, 2.75) is 51.6 Å². The highest BCUT2D eigenvalue weighted by Gasteiger charge is 2.32. The van der Waals surface area contributed by atoms with E-state index in [2.05, 4.69) is 6.58 Å². The lowest BCUT2D eigenvalue weighted by molar-refractivity contribution is -0.385. The predicted octanol–water partition coefficient (Wildman–Crippen LogP) is 5.21. The van der Waals surface area contributed by atoms with Gasteiger partial charge in [-0.2, -0.15) is 0 Å². The van der Waals surface area contributed by atoms with Crippen molar-refractivity contribution in [2.75, 3.05) is 18.6 Å². The van der Waals surface area contributed by atoms with Crippen LogP contribution in [0.4, 0.5) is 11.4 Å². The number of carbonyl (C=O) groups excluding carboxylic acids is 1. The highest BCUT2D eigenvalue weighted by atomic mass is 16.6. The molecule has 1 unspecified atom stereocenters. The number of allylic oxidation sites excluding steroid dienone is 3. The number of anilines is 1. The van der Waals surface area contributed by atoms with Crippen molar-refractivity contribution in [3.05, 3.63) is 70.2 Å². The van der Waals surface area contributed by atoms with Crippen LogP contribution in [-0.2, 0) is 14.3 Å².